The smallest absolute Gasteiger partial charge is 0.249 e. The number of hydrogen-bond acceptors (Lipinski definition) is 1. The molecule has 1 saturated heterocycles. The minimum atomic E-state index is -2.40. The summed E-state index contributed by atoms with van der Waals surface area (Å²) in [4.78, 5) is 0. The minimum Gasteiger partial charge on any atom is -0.317 e. The topological polar surface area (TPSA) is 12.0 Å². The highest BCUT2D eigenvalue weighted by Gasteiger charge is 2.28. The fourth-order valence-electron chi connectivity index (χ4n) is 0.993. The normalized spacial score (nSPS) is 22.9. The van der Waals surface area contributed by atoms with E-state index < -0.39 is 5.92 Å². The average Bonchev–Trinajstić information content (AvgIpc) is 2.17. The van der Waals surface area contributed by atoms with Crippen molar-refractivity contribution in [2.45, 2.75) is 39.0 Å². The van der Waals surface area contributed by atoms with Gasteiger partial charge in [0, 0.05) is 19.4 Å². The Kier molecular flexibility index (Phi) is 5.38. The Balaban J connectivity index is 0.000000461. The van der Waals surface area contributed by atoms with Crippen LogP contribution in [0, 0.1) is 0 Å². The summed E-state index contributed by atoms with van der Waals surface area (Å²) in [5.41, 5.74) is 0. The summed E-state index contributed by atoms with van der Waals surface area (Å²) in [5.74, 6) is -2.40. The van der Waals surface area contributed by atoms with Crippen LogP contribution < -0.4 is 5.32 Å². The second-order valence-electron chi connectivity index (χ2n) is 2.46. The molecule has 68 valence electrons. The maximum atomic E-state index is 12.4. The van der Waals surface area contributed by atoms with Gasteiger partial charge in [-0.2, -0.15) is 0 Å². The fraction of sp³-hybridized carbons (Fsp3) is 1.00. The Bertz CT molecular complexity index is 84.1. The molecule has 0 aromatic heterocycles. The van der Waals surface area contributed by atoms with Crippen molar-refractivity contribution in [2.75, 3.05) is 13.1 Å². The maximum Gasteiger partial charge on any atom is 0.249 e. The molecule has 1 heterocycles. The van der Waals surface area contributed by atoms with E-state index in [1.165, 1.54) is 0 Å². The van der Waals surface area contributed by atoms with E-state index >= 15 is 0 Å². The van der Waals surface area contributed by atoms with Gasteiger partial charge in [-0.3, -0.25) is 0 Å². The minimum absolute atomic E-state index is 0.00694. The van der Waals surface area contributed by atoms with Crippen LogP contribution in [0.15, 0.2) is 0 Å². The van der Waals surface area contributed by atoms with E-state index in [9.17, 15) is 8.78 Å². The summed E-state index contributed by atoms with van der Waals surface area (Å²) in [6, 6.07) is 0. The first-order valence-electron chi connectivity index (χ1n) is 4.29. The quantitative estimate of drug-likeness (QED) is 0.581. The zero-order valence-electron chi connectivity index (χ0n) is 7.29. The van der Waals surface area contributed by atoms with Crippen LogP contribution in [0.3, 0.4) is 0 Å². The van der Waals surface area contributed by atoms with Crippen molar-refractivity contribution in [3.8, 4) is 0 Å². The van der Waals surface area contributed by atoms with Gasteiger partial charge in [-0.1, -0.05) is 13.8 Å². The molecule has 1 aliphatic rings. The second kappa shape index (κ2) is 5.47. The number of alkyl halides is 2. The molecule has 1 fully saturated rings. The first-order chi connectivity index (χ1) is 5.21. The van der Waals surface area contributed by atoms with Gasteiger partial charge in [0.1, 0.15) is 0 Å². The number of rotatable bonds is 0. The van der Waals surface area contributed by atoms with Gasteiger partial charge in [0.15, 0.2) is 0 Å². The monoisotopic (exact) mass is 165 g/mol. The third-order valence-corrected chi connectivity index (χ3v) is 1.56. The summed E-state index contributed by atoms with van der Waals surface area (Å²) in [5, 5.41) is 2.92. The molecule has 0 aromatic rings. The highest BCUT2D eigenvalue weighted by molar-refractivity contribution is 4.71. The molecule has 0 bridgehead atoms. The highest BCUT2D eigenvalue weighted by Crippen LogP contribution is 2.24. The van der Waals surface area contributed by atoms with Crippen molar-refractivity contribution >= 4 is 0 Å². The Morgan fingerprint density at radius 1 is 1.09 bits per heavy atom. The molecule has 0 amide bonds. The van der Waals surface area contributed by atoms with E-state index in [1.54, 1.807) is 0 Å². The molecular weight excluding hydrogens is 148 g/mol. The van der Waals surface area contributed by atoms with Gasteiger partial charge in [-0.25, -0.2) is 8.78 Å². The van der Waals surface area contributed by atoms with Gasteiger partial charge in [0.2, 0.25) is 5.92 Å². The predicted molar refractivity (Wildman–Crippen MR) is 43.0 cm³/mol. The summed E-state index contributed by atoms with van der Waals surface area (Å²) in [7, 11) is 0. The van der Waals surface area contributed by atoms with E-state index in [4.69, 9.17) is 0 Å². The van der Waals surface area contributed by atoms with Crippen LogP contribution in [0.5, 0.6) is 0 Å². The standard InChI is InChI=1S/C6H11F2N.C2H6/c7-6(8)2-1-4-9-5-3-6;1-2/h9H,1-5H2;1-2H3. The lowest BCUT2D eigenvalue weighted by atomic mass is 10.1. The second-order valence-corrected chi connectivity index (χ2v) is 2.46. The molecule has 0 aliphatic carbocycles. The van der Waals surface area contributed by atoms with Crippen LogP contribution >= 0.6 is 0 Å². The van der Waals surface area contributed by atoms with Gasteiger partial charge < -0.3 is 5.32 Å². The van der Waals surface area contributed by atoms with Gasteiger partial charge >= 0.3 is 0 Å². The molecular formula is C8H17F2N. The molecule has 0 saturated carbocycles. The molecule has 0 unspecified atom stereocenters. The SMILES string of the molecule is CC.FC1(F)CCCNCC1. The molecule has 1 N–H and O–H groups in total. The van der Waals surface area contributed by atoms with Gasteiger partial charge in [0.05, 0.1) is 0 Å². The van der Waals surface area contributed by atoms with Crippen molar-refractivity contribution in [1.82, 2.24) is 5.32 Å². The zero-order valence-corrected chi connectivity index (χ0v) is 7.29. The van der Waals surface area contributed by atoms with Gasteiger partial charge in [-0.15, -0.1) is 0 Å². The highest BCUT2D eigenvalue weighted by atomic mass is 19.3. The molecule has 1 nitrogen and oxygen atoms in total. The molecule has 11 heavy (non-hydrogen) atoms. The summed E-state index contributed by atoms with van der Waals surface area (Å²) >= 11 is 0. The molecule has 1 rings (SSSR count). The third kappa shape index (κ3) is 5.13. The molecule has 0 radical (unpaired) electrons. The van der Waals surface area contributed by atoms with Crippen LogP contribution in [-0.2, 0) is 0 Å². The first kappa shape index (κ1) is 10.8. The van der Waals surface area contributed by atoms with Crippen molar-refractivity contribution in [3.05, 3.63) is 0 Å². The molecule has 0 aromatic carbocycles. The summed E-state index contributed by atoms with van der Waals surface area (Å²) in [6.07, 6.45) is 0.667. The van der Waals surface area contributed by atoms with E-state index in [0.717, 1.165) is 6.54 Å². The van der Waals surface area contributed by atoms with Gasteiger partial charge in [-0.05, 0) is 13.0 Å². The molecule has 0 atom stereocenters. The largest absolute Gasteiger partial charge is 0.317 e. The average molecular weight is 165 g/mol. The lowest BCUT2D eigenvalue weighted by Gasteiger charge is -2.10. The van der Waals surface area contributed by atoms with Crippen LogP contribution in [0.1, 0.15) is 33.1 Å². The Labute approximate surface area is 67.2 Å². The van der Waals surface area contributed by atoms with Crippen molar-refractivity contribution in [3.63, 3.8) is 0 Å². The van der Waals surface area contributed by atoms with E-state index in [0.29, 0.717) is 13.0 Å². The summed E-state index contributed by atoms with van der Waals surface area (Å²) in [6.45, 7) is 5.21. The maximum absolute atomic E-state index is 12.4. The number of halogens is 2. The predicted octanol–water partition coefficient (Wildman–Crippen LogP) is 2.42. The van der Waals surface area contributed by atoms with Crippen LogP contribution in [0.2, 0.25) is 0 Å². The Morgan fingerprint density at radius 2 is 1.73 bits per heavy atom. The fourth-order valence-corrected chi connectivity index (χ4v) is 0.993. The van der Waals surface area contributed by atoms with Crippen LogP contribution in [0.25, 0.3) is 0 Å². The Morgan fingerprint density at radius 3 is 2.36 bits per heavy atom. The summed E-state index contributed by atoms with van der Waals surface area (Å²) < 4.78 is 24.8. The zero-order chi connectivity index (χ0) is 8.74. The molecule has 1 aliphatic heterocycles. The van der Waals surface area contributed by atoms with E-state index in [-0.39, 0.29) is 12.8 Å². The van der Waals surface area contributed by atoms with E-state index in [2.05, 4.69) is 5.32 Å². The van der Waals surface area contributed by atoms with Crippen molar-refractivity contribution < 1.29 is 8.78 Å². The van der Waals surface area contributed by atoms with Crippen LogP contribution in [-0.4, -0.2) is 19.0 Å². The molecule has 3 heteroatoms. The van der Waals surface area contributed by atoms with Crippen LogP contribution in [0.4, 0.5) is 8.78 Å². The van der Waals surface area contributed by atoms with Crippen molar-refractivity contribution in [1.29, 1.82) is 0 Å². The first-order valence-corrected chi connectivity index (χ1v) is 4.29. The van der Waals surface area contributed by atoms with E-state index in [1.807, 2.05) is 13.8 Å². The lowest BCUT2D eigenvalue weighted by molar-refractivity contribution is -0.0106. The molecule has 0 spiro atoms. The number of nitrogens with one attached hydrogen (secondary N) is 1. The van der Waals surface area contributed by atoms with Gasteiger partial charge in [0.25, 0.3) is 0 Å². The third-order valence-electron chi connectivity index (χ3n) is 1.56. The Hall–Kier alpha value is -0.180. The van der Waals surface area contributed by atoms with Crippen molar-refractivity contribution in [2.24, 2.45) is 0 Å². The lowest BCUT2D eigenvalue weighted by Crippen LogP contribution is -2.18. The number of hydrogen-bond donors (Lipinski definition) is 1.